The molecule has 0 radical (unpaired) electrons. The summed E-state index contributed by atoms with van der Waals surface area (Å²) in [5.74, 6) is 0. The molecular formula is C8H13BN2. The van der Waals surface area contributed by atoms with E-state index in [1.165, 1.54) is 11.0 Å². The van der Waals surface area contributed by atoms with Gasteiger partial charge in [0.1, 0.15) is 7.85 Å². The van der Waals surface area contributed by atoms with Crippen LogP contribution < -0.4 is 10.8 Å². The van der Waals surface area contributed by atoms with Crippen molar-refractivity contribution in [1.82, 2.24) is 10.3 Å². The minimum Gasteiger partial charge on any atom is -0.313 e. The highest BCUT2D eigenvalue weighted by Crippen LogP contribution is 1.91. The predicted molar refractivity (Wildman–Crippen MR) is 49.8 cm³/mol. The third kappa shape index (κ3) is 2.72. The Balaban J connectivity index is 2.56. The largest absolute Gasteiger partial charge is 0.313 e. The highest BCUT2D eigenvalue weighted by Gasteiger charge is 1.90. The van der Waals surface area contributed by atoms with Crippen LogP contribution in [0.4, 0.5) is 0 Å². The molecule has 0 aliphatic rings. The fraction of sp³-hybridized carbons (Fsp3) is 0.375. The summed E-state index contributed by atoms with van der Waals surface area (Å²) in [7, 11) is 2.06. The number of nitrogens with zero attached hydrogens (tertiary/aromatic N) is 1. The van der Waals surface area contributed by atoms with Crippen molar-refractivity contribution in [2.75, 3.05) is 6.54 Å². The molecule has 0 spiro atoms. The topological polar surface area (TPSA) is 24.9 Å². The fourth-order valence-electron chi connectivity index (χ4n) is 0.984. The van der Waals surface area contributed by atoms with E-state index in [4.69, 9.17) is 0 Å². The van der Waals surface area contributed by atoms with E-state index in [9.17, 15) is 0 Å². The lowest BCUT2D eigenvalue weighted by atomic mass is 9.97. The Morgan fingerprint density at radius 1 is 1.55 bits per heavy atom. The second-order valence-corrected chi connectivity index (χ2v) is 2.65. The molecule has 1 rings (SSSR count). The van der Waals surface area contributed by atoms with Gasteiger partial charge in [-0.3, -0.25) is 4.98 Å². The number of hydrogen-bond donors (Lipinski definition) is 1. The van der Waals surface area contributed by atoms with Gasteiger partial charge in [-0.15, -0.1) is 0 Å². The van der Waals surface area contributed by atoms with Gasteiger partial charge in [0.15, 0.2) is 0 Å². The van der Waals surface area contributed by atoms with Gasteiger partial charge in [-0.2, -0.15) is 0 Å². The summed E-state index contributed by atoms with van der Waals surface area (Å²) in [4.78, 5) is 4.10. The molecule has 0 fully saturated rings. The van der Waals surface area contributed by atoms with Crippen molar-refractivity contribution < 1.29 is 0 Å². The van der Waals surface area contributed by atoms with Crippen LogP contribution in [0.5, 0.6) is 0 Å². The third-order valence-electron chi connectivity index (χ3n) is 1.51. The first-order valence-corrected chi connectivity index (χ1v) is 3.94. The zero-order valence-corrected chi connectivity index (χ0v) is 7.09. The van der Waals surface area contributed by atoms with E-state index in [-0.39, 0.29) is 0 Å². The monoisotopic (exact) mass is 148 g/mol. The molecule has 2 nitrogen and oxygen atoms in total. The molecule has 3 heteroatoms. The highest BCUT2D eigenvalue weighted by molar-refractivity contribution is 6.32. The van der Waals surface area contributed by atoms with E-state index in [2.05, 4.69) is 31.1 Å². The summed E-state index contributed by atoms with van der Waals surface area (Å²) < 4.78 is 0. The lowest BCUT2D eigenvalue weighted by Crippen LogP contribution is -2.14. The summed E-state index contributed by atoms with van der Waals surface area (Å²) in [6.07, 6.45) is 3.77. The van der Waals surface area contributed by atoms with Crippen molar-refractivity contribution in [3.8, 4) is 0 Å². The van der Waals surface area contributed by atoms with Gasteiger partial charge < -0.3 is 5.32 Å². The van der Waals surface area contributed by atoms with Crippen LogP contribution in [0.25, 0.3) is 0 Å². The van der Waals surface area contributed by atoms with Crippen LogP contribution in [0, 0.1) is 0 Å². The SMILES string of the molecule is Bc1cncc(CNCC)c1. The molecular weight excluding hydrogens is 135 g/mol. The van der Waals surface area contributed by atoms with Gasteiger partial charge in [0.25, 0.3) is 0 Å². The van der Waals surface area contributed by atoms with Gasteiger partial charge >= 0.3 is 0 Å². The first-order valence-electron chi connectivity index (χ1n) is 3.94. The first-order chi connectivity index (χ1) is 5.33. The van der Waals surface area contributed by atoms with Crippen LogP contribution in [0.3, 0.4) is 0 Å². The van der Waals surface area contributed by atoms with Gasteiger partial charge in [-0.1, -0.05) is 18.5 Å². The minimum absolute atomic E-state index is 0.922. The number of aromatic nitrogens is 1. The standard InChI is InChI=1S/C8H13BN2/c1-2-10-4-7-3-8(9)6-11-5-7/h3,5-6,10H,2,4,9H2,1H3. The smallest absolute Gasteiger partial charge is 0.141 e. The lowest BCUT2D eigenvalue weighted by Gasteiger charge is -2.01. The van der Waals surface area contributed by atoms with E-state index in [1.807, 2.05) is 12.4 Å². The maximum absolute atomic E-state index is 4.10. The van der Waals surface area contributed by atoms with Gasteiger partial charge in [-0.25, -0.2) is 0 Å². The third-order valence-corrected chi connectivity index (χ3v) is 1.51. The Bertz CT molecular complexity index is 225. The molecule has 0 aliphatic heterocycles. The lowest BCUT2D eigenvalue weighted by molar-refractivity contribution is 0.725. The molecule has 0 saturated heterocycles. The number of hydrogen-bond acceptors (Lipinski definition) is 2. The first kappa shape index (κ1) is 8.27. The van der Waals surface area contributed by atoms with Crippen molar-refractivity contribution >= 4 is 13.3 Å². The number of rotatable bonds is 3. The second-order valence-electron chi connectivity index (χ2n) is 2.65. The van der Waals surface area contributed by atoms with Crippen LogP contribution in [-0.2, 0) is 6.54 Å². The Hall–Kier alpha value is -0.825. The molecule has 0 aliphatic carbocycles. The molecule has 58 valence electrons. The van der Waals surface area contributed by atoms with Gasteiger partial charge in [-0.05, 0) is 12.1 Å². The average molecular weight is 148 g/mol. The van der Waals surface area contributed by atoms with Crippen molar-refractivity contribution in [2.45, 2.75) is 13.5 Å². The Morgan fingerprint density at radius 2 is 2.36 bits per heavy atom. The van der Waals surface area contributed by atoms with E-state index in [0.717, 1.165) is 13.1 Å². The molecule has 1 N–H and O–H groups in total. The second kappa shape index (κ2) is 4.14. The van der Waals surface area contributed by atoms with Crippen LogP contribution >= 0.6 is 0 Å². The summed E-state index contributed by atoms with van der Waals surface area (Å²) in [5, 5.41) is 3.25. The van der Waals surface area contributed by atoms with Gasteiger partial charge in [0, 0.05) is 18.9 Å². The Labute approximate surface area is 68.4 Å². The molecule has 0 atom stereocenters. The van der Waals surface area contributed by atoms with E-state index < -0.39 is 0 Å². The molecule has 0 bridgehead atoms. The van der Waals surface area contributed by atoms with Crippen LogP contribution in [0.15, 0.2) is 18.5 Å². The van der Waals surface area contributed by atoms with Crippen molar-refractivity contribution in [1.29, 1.82) is 0 Å². The predicted octanol–water partition coefficient (Wildman–Crippen LogP) is -0.551. The molecule has 0 aromatic carbocycles. The zero-order chi connectivity index (χ0) is 8.10. The van der Waals surface area contributed by atoms with E-state index in [0.29, 0.717) is 0 Å². The fourth-order valence-corrected chi connectivity index (χ4v) is 0.984. The molecule has 1 aromatic heterocycles. The van der Waals surface area contributed by atoms with Crippen LogP contribution in [-0.4, -0.2) is 19.4 Å². The Morgan fingerprint density at radius 3 is 3.00 bits per heavy atom. The maximum atomic E-state index is 4.10. The van der Waals surface area contributed by atoms with Gasteiger partial charge in [0.05, 0.1) is 0 Å². The molecule has 11 heavy (non-hydrogen) atoms. The summed E-state index contributed by atoms with van der Waals surface area (Å²) in [5.41, 5.74) is 2.48. The summed E-state index contributed by atoms with van der Waals surface area (Å²) in [6.45, 7) is 4.03. The van der Waals surface area contributed by atoms with Crippen molar-refractivity contribution in [3.05, 3.63) is 24.0 Å². The minimum atomic E-state index is 0.922. The normalized spacial score (nSPS) is 9.91. The molecule has 1 aromatic rings. The summed E-state index contributed by atoms with van der Waals surface area (Å²) >= 11 is 0. The van der Waals surface area contributed by atoms with Crippen LogP contribution in [0.2, 0.25) is 0 Å². The number of nitrogens with one attached hydrogen (secondary N) is 1. The maximum Gasteiger partial charge on any atom is 0.141 e. The molecule has 0 saturated carbocycles. The van der Waals surface area contributed by atoms with Crippen molar-refractivity contribution in [3.63, 3.8) is 0 Å². The van der Waals surface area contributed by atoms with Crippen LogP contribution in [0.1, 0.15) is 12.5 Å². The van der Waals surface area contributed by atoms with Crippen molar-refractivity contribution in [2.24, 2.45) is 0 Å². The number of pyridine rings is 1. The quantitative estimate of drug-likeness (QED) is 0.581. The van der Waals surface area contributed by atoms with Gasteiger partial charge in [0.2, 0.25) is 0 Å². The summed E-state index contributed by atoms with van der Waals surface area (Å²) in [6, 6.07) is 2.15. The zero-order valence-electron chi connectivity index (χ0n) is 7.09. The molecule has 1 heterocycles. The Kier molecular flexibility index (Phi) is 3.11. The van der Waals surface area contributed by atoms with E-state index >= 15 is 0 Å². The average Bonchev–Trinajstić information content (AvgIpc) is 2.01. The highest BCUT2D eigenvalue weighted by atomic mass is 14.8. The molecule has 0 unspecified atom stereocenters. The van der Waals surface area contributed by atoms with E-state index in [1.54, 1.807) is 0 Å². The molecule has 0 amide bonds.